The highest BCUT2D eigenvalue weighted by atomic mass is 16.5. The molecule has 0 fully saturated rings. The molecule has 2 aromatic rings. The Morgan fingerprint density at radius 2 is 1.78 bits per heavy atom. The van der Waals surface area contributed by atoms with Crippen molar-refractivity contribution in [2.75, 3.05) is 18.5 Å². The summed E-state index contributed by atoms with van der Waals surface area (Å²) >= 11 is 0. The van der Waals surface area contributed by atoms with E-state index in [4.69, 9.17) is 4.74 Å². The second kappa shape index (κ2) is 7.45. The molecule has 0 saturated heterocycles. The fourth-order valence-corrected chi connectivity index (χ4v) is 2.39. The zero-order valence-electron chi connectivity index (χ0n) is 12.7. The summed E-state index contributed by atoms with van der Waals surface area (Å²) in [7, 11) is 0. The number of amides is 2. The number of benzene rings is 2. The zero-order valence-corrected chi connectivity index (χ0v) is 12.7. The van der Waals surface area contributed by atoms with Crippen molar-refractivity contribution in [1.82, 2.24) is 5.32 Å². The number of urea groups is 1. The number of nitrogens with one attached hydrogen (secondary N) is 2. The fraction of sp³-hybridized carbons (Fsp3) is 0.222. The second-order valence-corrected chi connectivity index (χ2v) is 5.26. The Labute approximate surface area is 135 Å². The van der Waals surface area contributed by atoms with Gasteiger partial charge in [-0.15, -0.1) is 0 Å². The van der Waals surface area contributed by atoms with Gasteiger partial charge in [0.2, 0.25) is 0 Å². The van der Waals surface area contributed by atoms with Crippen molar-refractivity contribution in [3.63, 3.8) is 0 Å². The summed E-state index contributed by atoms with van der Waals surface area (Å²) in [4.78, 5) is 16.3. The van der Waals surface area contributed by atoms with E-state index in [0.717, 1.165) is 11.3 Å². The van der Waals surface area contributed by atoms with Crippen LogP contribution >= 0.6 is 0 Å². The van der Waals surface area contributed by atoms with Gasteiger partial charge in [0.25, 0.3) is 0 Å². The summed E-state index contributed by atoms with van der Waals surface area (Å²) in [6.45, 7) is 1.05. The summed E-state index contributed by atoms with van der Waals surface area (Å²) in [5.74, 6) is 0.693. The van der Waals surface area contributed by atoms with Gasteiger partial charge in [0, 0.05) is 18.7 Å². The van der Waals surface area contributed by atoms with Crippen LogP contribution in [0.4, 0.5) is 10.5 Å². The van der Waals surface area contributed by atoms with Crippen molar-refractivity contribution in [3.05, 3.63) is 66.2 Å². The predicted octanol–water partition coefficient (Wildman–Crippen LogP) is 3.37. The van der Waals surface area contributed by atoms with Crippen LogP contribution in [0, 0.1) is 0 Å². The number of carbonyl (C=O) groups is 1. The maximum Gasteiger partial charge on any atom is 0.319 e. The first-order chi connectivity index (χ1) is 11.3. The van der Waals surface area contributed by atoms with Crippen molar-refractivity contribution >= 4 is 17.6 Å². The van der Waals surface area contributed by atoms with Crippen LogP contribution in [0.2, 0.25) is 0 Å². The predicted molar refractivity (Wildman–Crippen MR) is 90.7 cm³/mol. The molecule has 2 N–H and O–H groups in total. The molecule has 2 aromatic carbocycles. The lowest BCUT2D eigenvalue weighted by Gasteiger charge is -2.07. The minimum atomic E-state index is -0.227. The summed E-state index contributed by atoms with van der Waals surface area (Å²) in [5.41, 5.74) is 1.92. The molecule has 5 heteroatoms. The number of para-hydroxylation sites is 1. The number of carbonyl (C=O) groups excluding carboxylic acids is 1. The Bertz CT molecular complexity index is 671. The molecule has 5 nitrogen and oxygen atoms in total. The maximum absolute atomic E-state index is 11.8. The molecule has 0 aliphatic carbocycles. The van der Waals surface area contributed by atoms with E-state index in [1.807, 2.05) is 60.7 Å². The molecule has 1 aliphatic heterocycles. The van der Waals surface area contributed by atoms with Gasteiger partial charge in [-0.3, -0.25) is 0 Å². The average molecular weight is 309 g/mol. The van der Waals surface area contributed by atoms with Gasteiger partial charge in [-0.05, 0) is 17.7 Å². The molecule has 3 rings (SSSR count). The van der Waals surface area contributed by atoms with E-state index in [0.29, 0.717) is 25.5 Å². The van der Waals surface area contributed by atoms with Gasteiger partial charge in [0.15, 0.2) is 5.90 Å². The molecule has 118 valence electrons. The fourth-order valence-electron chi connectivity index (χ4n) is 2.39. The lowest BCUT2D eigenvalue weighted by molar-refractivity contribution is 0.252. The molecule has 1 aliphatic rings. The first kappa shape index (κ1) is 15.1. The molecule has 2 amide bonds. The van der Waals surface area contributed by atoms with E-state index < -0.39 is 0 Å². The number of ether oxygens (including phenoxy) is 1. The van der Waals surface area contributed by atoms with Gasteiger partial charge < -0.3 is 15.4 Å². The van der Waals surface area contributed by atoms with Crippen molar-refractivity contribution in [3.8, 4) is 0 Å². The molecule has 23 heavy (non-hydrogen) atoms. The number of nitrogens with zero attached hydrogens (tertiary/aromatic N) is 1. The highest BCUT2D eigenvalue weighted by Gasteiger charge is 2.19. The highest BCUT2D eigenvalue weighted by molar-refractivity contribution is 5.89. The van der Waals surface area contributed by atoms with Gasteiger partial charge in [-0.2, -0.15) is 0 Å². The van der Waals surface area contributed by atoms with Crippen molar-refractivity contribution in [2.24, 2.45) is 4.99 Å². The van der Waals surface area contributed by atoms with Crippen LogP contribution < -0.4 is 10.6 Å². The van der Waals surface area contributed by atoms with Crippen molar-refractivity contribution in [1.29, 1.82) is 0 Å². The monoisotopic (exact) mass is 309 g/mol. The highest BCUT2D eigenvalue weighted by Crippen LogP contribution is 2.23. The number of rotatable bonds is 5. The Hall–Kier alpha value is -2.82. The van der Waals surface area contributed by atoms with Gasteiger partial charge >= 0.3 is 6.03 Å². The Balaban J connectivity index is 1.43. The van der Waals surface area contributed by atoms with Gasteiger partial charge in [0.1, 0.15) is 12.6 Å². The number of aliphatic imine (C=N–C) groups is 1. The molecule has 0 radical (unpaired) electrons. The second-order valence-electron chi connectivity index (χ2n) is 5.26. The number of hydrogen-bond acceptors (Lipinski definition) is 3. The molecular weight excluding hydrogens is 290 g/mol. The standard InChI is InChI=1S/C18H19N3O2/c22-18(20-15-9-5-2-6-10-15)19-12-11-17-21-16(13-23-17)14-7-3-1-4-8-14/h1-10,16H,11-13H2,(H2,19,20,22)/t16-/m0/s1. The topological polar surface area (TPSA) is 62.7 Å². The Morgan fingerprint density at radius 3 is 2.52 bits per heavy atom. The van der Waals surface area contributed by atoms with Gasteiger partial charge in [-0.25, -0.2) is 9.79 Å². The van der Waals surface area contributed by atoms with E-state index in [9.17, 15) is 4.79 Å². The molecule has 0 bridgehead atoms. The third kappa shape index (κ3) is 4.32. The first-order valence-corrected chi connectivity index (χ1v) is 7.65. The molecular formula is C18H19N3O2. The minimum absolute atomic E-state index is 0.0596. The van der Waals surface area contributed by atoms with E-state index >= 15 is 0 Å². The SMILES string of the molecule is O=C(NCCC1=N[C@H](c2ccccc2)CO1)Nc1ccccc1. The summed E-state index contributed by atoms with van der Waals surface area (Å²) in [5, 5.41) is 5.57. The van der Waals surface area contributed by atoms with Crippen LogP contribution in [-0.4, -0.2) is 25.1 Å². The Morgan fingerprint density at radius 1 is 1.09 bits per heavy atom. The third-order valence-corrected chi connectivity index (χ3v) is 3.55. The largest absolute Gasteiger partial charge is 0.478 e. The zero-order chi connectivity index (χ0) is 15.9. The third-order valence-electron chi connectivity index (χ3n) is 3.55. The van der Waals surface area contributed by atoms with Crippen LogP contribution in [-0.2, 0) is 4.74 Å². The molecule has 0 saturated carbocycles. The van der Waals surface area contributed by atoms with E-state index in [-0.39, 0.29) is 12.1 Å². The normalized spacial score (nSPS) is 16.3. The first-order valence-electron chi connectivity index (χ1n) is 7.65. The van der Waals surface area contributed by atoms with E-state index in [1.54, 1.807) is 0 Å². The lowest BCUT2D eigenvalue weighted by Crippen LogP contribution is -2.30. The van der Waals surface area contributed by atoms with E-state index in [2.05, 4.69) is 15.6 Å². The van der Waals surface area contributed by atoms with Crippen LogP contribution in [0.25, 0.3) is 0 Å². The number of hydrogen-bond donors (Lipinski definition) is 2. The Kier molecular flexibility index (Phi) is 4.88. The quantitative estimate of drug-likeness (QED) is 0.889. The van der Waals surface area contributed by atoms with Crippen molar-refractivity contribution < 1.29 is 9.53 Å². The van der Waals surface area contributed by atoms with Crippen LogP contribution in [0.15, 0.2) is 65.7 Å². The smallest absolute Gasteiger partial charge is 0.319 e. The average Bonchev–Trinajstić information content (AvgIpc) is 3.05. The summed E-state index contributed by atoms with van der Waals surface area (Å²) in [6, 6.07) is 19.2. The molecule has 0 spiro atoms. The number of anilines is 1. The maximum atomic E-state index is 11.8. The molecule has 1 heterocycles. The van der Waals surface area contributed by atoms with Gasteiger partial charge in [0.05, 0.1) is 0 Å². The summed E-state index contributed by atoms with van der Waals surface area (Å²) in [6.07, 6.45) is 0.589. The van der Waals surface area contributed by atoms with Gasteiger partial charge in [-0.1, -0.05) is 48.5 Å². The van der Waals surface area contributed by atoms with Crippen molar-refractivity contribution in [2.45, 2.75) is 12.5 Å². The summed E-state index contributed by atoms with van der Waals surface area (Å²) < 4.78 is 5.60. The van der Waals surface area contributed by atoms with Crippen LogP contribution in [0.1, 0.15) is 18.0 Å². The lowest BCUT2D eigenvalue weighted by atomic mass is 10.1. The molecule has 1 atom stereocenters. The van der Waals surface area contributed by atoms with Crippen LogP contribution in [0.5, 0.6) is 0 Å². The van der Waals surface area contributed by atoms with E-state index in [1.165, 1.54) is 0 Å². The molecule has 0 unspecified atom stereocenters. The van der Waals surface area contributed by atoms with Crippen LogP contribution in [0.3, 0.4) is 0 Å². The molecule has 0 aromatic heterocycles. The minimum Gasteiger partial charge on any atom is -0.478 e.